The number of hydrogen-bond acceptors (Lipinski definition) is 3. The van der Waals surface area contributed by atoms with Crippen LogP contribution in [0.2, 0.25) is 0 Å². The Balaban J connectivity index is 0.00000280. The van der Waals surface area contributed by atoms with E-state index in [2.05, 4.69) is 45.5 Å². The minimum absolute atomic E-state index is 0. The molecule has 3 rings (SSSR count). The Bertz CT molecular complexity index is 884. The van der Waals surface area contributed by atoms with Crippen LogP contribution in [0.4, 0.5) is 0 Å². The number of aliphatic imine (C=N–C) groups is 1. The number of halogens is 1. The fraction of sp³-hybridized carbons (Fsp3) is 0.381. The highest BCUT2D eigenvalue weighted by atomic mass is 127. The molecule has 0 bridgehead atoms. The Labute approximate surface area is 185 Å². The van der Waals surface area contributed by atoms with Gasteiger partial charge in [-0.3, -0.25) is 4.99 Å². The van der Waals surface area contributed by atoms with Crippen LogP contribution in [0, 0.1) is 0 Å². The molecule has 1 aliphatic rings. The molecule has 1 aliphatic heterocycles. The number of sulfone groups is 1. The minimum atomic E-state index is -3.14. The average Bonchev–Trinajstić information content (AvgIpc) is 3.15. The first-order chi connectivity index (χ1) is 13.0. The van der Waals surface area contributed by atoms with Crippen molar-refractivity contribution in [3.63, 3.8) is 0 Å². The lowest BCUT2D eigenvalue weighted by molar-refractivity contribution is 0.486. The summed E-state index contributed by atoms with van der Waals surface area (Å²) in [6, 6.07) is 17.7. The van der Waals surface area contributed by atoms with E-state index in [4.69, 9.17) is 0 Å². The predicted molar refractivity (Wildman–Crippen MR) is 125 cm³/mol. The molecular weight excluding hydrogens is 485 g/mol. The van der Waals surface area contributed by atoms with Crippen molar-refractivity contribution in [3.05, 3.63) is 65.7 Å². The summed E-state index contributed by atoms with van der Waals surface area (Å²) in [7, 11) is -1.32. The molecule has 1 heterocycles. The van der Waals surface area contributed by atoms with Gasteiger partial charge in [-0.25, -0.2) is 8.42 Å². The van der Waals surface area contributed by atoms with E-state index in [0.29, 0.717) is 10.8 Å². The Morgan fingerprint density at radius 2 is 1.82 bits per heavy atom. The van der Waals surface area contributed by atoms with E-state index in [9.17, 15) is 8.42 Å². The first-order valence-corrected chi connectivity index (χ1v) is 11.2. The highest BCUT2D eigenvalue weighted by molar-refractivity contribution is 14.0. The lowest BCUT2D eigenvalue weighted by Crippen LogP contribution is -2.40. The number of hydrogen-bond donors (Lipinski definition) is 1. The van der Waals surface area contributed by atoms with Gasteiger partial charge in [0.15, 0.2) is 15.8 Å². The fourth-order valence-corrected chi connectivity index (χ4v) is 4.13. The monoisotopic (exact) mass is 513 g/mol. The van der Waals surface area contributed by atoms with Gasteiger partial charge >= 0.3 is 0 Å². The summed E-state index contributed by atoms with van der Waals surface area (Å²) >= 11 is 0. The van der Waals surface area contributed by atoms with Crippen LogP contribution in [0.5, 0.6) is 0 Å². The Kier molecular flexibility index (Phi) is 8.30. The molecule has 1 atom stereocenters. The Morgan fingerprint density at radius 1 is 1.14 bits per heavy atom. The second-order valence-corrected chi connectivity index (χ2v) is 9.00. The summed E-state index contributed by atoms with van der Waals surface area (Å²) < 4.78 is 23.1. The predicted octanol–water partition coefficient (Wildman–Crippen LogP) is 3.32. The van der Waals surface area contributed by atoms with Gasteiger partial charge in [0.05, 0.1) is 4.90 Å². The molecule has 0 spiro atoms. The molecule has 0 aliphatic carbocycles. The molecule has 2 aromatic carbocycles. The van der Waals surface area contributed by atoms with Gasteiger partial charge in [-0.1, -0.05) is 42.5 Å². The van der Waals surface area contributed by atoms with E-state index in [0.717, 1.165) is 44.0 Å². The number of guanidine groups is 1. The van der Waals surface area contributed by atoms with Crippen molar-refractivity contribution in [1.29, 1.82) is 0 Å². The number of benzene rings is 2. The maximum Gasteiger partial charge on any atom is 0.193 e. The highest BCUT2D eigenvalue weighted by Gasteiger charge is 2.25. The van der Waals surface area contributed by atoms with Crippen molar-refractivity contribution >= 4 is 39.8 Å². The van der Waals surface area contributed by atoms with Gasteiger partial charge in [0.1, 0.15) is 0 Å². The molecule has 0 amide bonds. The van der Waals surface area contributed by atoms with Crippen LogP contribution in [0.1, 0.15) is 23.5 Å². The first-order valence-electron chi connectivity index (χ1n) is 9.27. The third-order valence-electron chi connectivity index (χ3n) is 5.02. The SMILES string of the molecule is CN=C(NCCc1ccc(S(C)(=O)=O)cc1)N1CCC(c2ccccc2)C1.I. The van der Waals surface area contributed by atoms with Crippen molar-refractivity contribution in [2.24, 2.45) is 4.99 Å². The number of likely N-dealkylation sites (tertiary alicyclic amines) is 1. The zero-order chi connectivity index (χ0) is 19.3. The second kappa shape index (κ2) is 10.2. The molecule has 1 fully saturated rings. The quantitative estimate of drug-likeness (QED) is 0.379. The van der Waals surface area contributed by atoms with Crippen molar-refractivity contribution in [1.82, 2.24) is 10.2 Å². The van der Waals surface area contributed by atoms with E-state index in [1.54, 1.807) is 12.1 Å². The molecule has 1 saturated heterocycles. The minimum Gasteiger partial charge on any atom is -0.356 e. The fourth-order valence-electron chi connectivity index (χ4n) is 3.50. The molecule has 0 radical (unpaired) electrons. The van der Waals surface area contributed by atoms with Crippen LogP contribution in [0.15, 0.2) is 64.5 Å². The molecule has 2 aromatic rings. The molecular formula is C21H28IN3O2S. The summed E-state index contributed by atoms with van der Waals surface area (Å²) in [6.07, 6.45) is 3.18. The third-order valence-corrected chi connectivity index (χ3v) is 6.15. The number of nitrogens with zero attached hydrogens (tertiary/aromatic N) is 2. The van der Waals surface area contributed by atoms with Gasteiger partial charge in [-0.05, 0) is 36.1 Å². The zero-order valence-corrected chi connectivity index (χ0v) is 19.5. The lowest BCUT2D eigenvalue weighted by Gasteiger charge is -2.22. The summed E-state index contributed by atoms with van der Waals surface area (Å²) in [6.45, 7) is 2.74. The topological polar surface area (TPSA) is 61.8 Å². The normalized spacial score (nSPS) is 17.3. The number of rotatable bonds is 5. The molecule has 1 N–H and O–H groups in total. The first kappa shape index (κ1) is 22.7. The standard InChI is InChI=1S/C21H27N3O2S.HI/c1-22-21(24-15-13-19(16-24)18-6-4-3-5-7-18)23-14-12-17-8-10-20(11-9-17)27(2,25)26;/h3-11,19H,12-16H2,1-2H3,(H,22,23);1H. The molecule has 0 saturated carbocycles. The van der Waals surface area contributed by atoms with Crippen LogP contribution in [-0.2, 0) is 16.3 Å². The van der Waals surface area contributed by atoms with Gasteiger partial charge in [0.25, 0.3) is 0 Å². The Hall–Kier alpha value is -1.61. The Morgan fingerprint density at radius 3 is 2.43 bits per heavy atom. The van der Waals surface area contributed by atoms with Crippen molar-refractivity contribution < 1.29 is 8.42 Å². The summed E-state index contributed by atoms with van der Waals surface area (Å²) in [5.74, 6) is 1.48. The summed E-state index contributed by atoms with van der Waals surface area (Å²) in [5.41, 5.74) is 2.50. The van der Waals surface area contributed by atoms with E-state index < -0.39 is 9.84 Å². The van der Waals surface area contributed by atoms with Crippen molar-refractivity contribution in [2.45, 2.75) is 23.7 Å². The summed E-state index contributed by atoms with van der Waals surface area (Å²) in [5, 5.41) is 3.43. The van der Waals surface area contributed by atoms with Gasteiger partial charge < -0.3 is 10.2 Å². The van der Waals surface area contributed by atoms with Crippen LogP contribution in [0.3, 0.4) is 0 Å². The van der Waals surface area contributed by atoms with E-state index in [-0.39, 0.29) is 24.0 Å². The van der Waals surface area contributed by atoms with E-state index >= 15 is 0 Å². The van der Waals surface area contributed by atoms with Crippen LogP contribution in [-0.4, -0.2) is 52.2 Å². The van der Waals surface area contributed by atoms with Crippen LogP contribution in [0.25, 0.3) is 0 Å². The number of nitrogens with one attached hydrogen (secondary N) is 1. The maximum absolute atomic E-state index is 11.5. The third kappa shape index (κ3) is 5.94. The van der Waals surface area contributed by atoms with Crippen molar-refractivity contribution in [2.75, 3.05) is 32.9 Å². The lowest BCUT2D eigenvalue weighted by atomic mass is 9.99. The second-order valence-electron chi connectivity index (χ2n) is 6.98. The molecule has 28 heavy (non-hydrogen) atoms. The molecule has 1 unspecified atom stereocenters. The van der Waals surface area contributed by atoms with Crippen LogP contribution < -0.4 is 5.32 Å². The molecule has 152 valence electrons. The van der Waals surface area contributed by atoms with Gasteiger partial charge in [0.2, 0.25) is 0 Å². The van der Waals surface area contributed by atoms with Crippen molar-refractivity contribution in [3.8, 4) is 0 Å². The average molecular weight is 513 g/mol. The maximum atomic E-state index is 11.5. The van der Waals surface area contributed by atoms with Crippen LogP contribution >= 0.6 is 24.0 Å². The smallest absolute Gasteiger partial charge is 0.193 e. The largest absolute Gasteiger partial charge is 0.356 e. The van der Waals surface area contributed by atoms with E-state index in [1.807, 2.05) is 19.2 Å². The highest BCUT2D eigenvalue weighted by Crippen LogP contribution is 2.26. The van der Waals surface area contributed by atoms with E-state index in [1.165, 1.54) is 11.8 Å². The molecule has 5 nitrogen and oxygen atoms in total. The van der Waals surface area contributed by atoms with Gasteiger partial charge in [-0.15, -0.1) is 24.0 Å². The van der Waals surface area contributed by atoms with Gasteiger partial charge in [-0.2, -0.15) is 0 Å². The molecule has 0 aromatic heterocycles. The van der Waals surface area contributed by atoms with Gasteiger partial charge in [0, 0.05) is 38.9 Å². The summed E-state index contributed by atoms with van der Waals surface area (Å²) in [4.78, 5) is 7.10. The zero-order valence-electron chi connectivity index (χ0n) is 16.3. The molecule has 7 heteroatoms.